The van der Waals surface area contributed by atoms with Crippen molar-refractivity contribution in [3.63, 3.8) is 0 Å². The Morgan fingerprint density at radius 3 is 2.33 bits per heavy atom. The summed E-state index contributed by atoms with van der Waals surface area (Å²) in [5.74, 6) is 0.142. The summed E-state index contributed by atoms with van der Waals surface area (Å²) >= 11 is 0. The summed E-state index contributed by atoms with van der Waals surface area (Å²) in [7, 11) is -2.88. The fourth-order valence-electron chi connectivity index (χ4n) is 0.960. The molecular formula is C7H18N2O2S. The van der Waals surface area contributed by atoms with Gasteiger partial charge in [0.15, 0.2) is 9.84 Å². The first kappa shape index (κ1) is 11.9. The third-order valence-corrected chi connectivity index (χ3v) is 2.38. The van der Waals surface area contributed by atoms with Crippen molar-refractivity contribution in [2.75, 3.05) is 31.8 Å². The lowest BCUT2D eigenvalue weighted by Crippen LogP contribution is -2.31. The van der Waals surface area contributed by atoms with E-state index in [0.717, 1.165) is 19.5 Å². The molecule has 0 rings (SSSR count). The molecule has 2 N–H and O–H groups in total. The molecule has 74 valence electrons. The van der Waals surface area contributed by atoms with Crippen molar-refractivity contribution in [3.05, 3.63) is 0 Å². The molecule has 0 aliphatic heterocycles. The summed E-state index contributed by atoms with van der Waals surface area (Å²) in [5, 5.41) is 0. The monoisotopic (exact) mass is 194 g/mol. The molecule has 0 saturated carbocycles. The van der Waals surface area contributed by atoms with Gasteiger partial charge in [0.25, 0.3) is 0 Å². The number of rotatable bonds is 6. The third-order valence-electron chi connectivity index (χ3n) is 1.54. The maximum atomic E-state index is 10.9. The average molecular weight is 194 g/mol. The lowest BCUT2D eigenvalue weighted by molar-refractivity contribution is 0.328. The van der Waals surface area contributed by atoms with Gasteiger partial charge in [0, 0.05) is 12.8 Å². The number of sulfone groups is 1. The van der Waals surface area contributed by atoms with Crippen molar-refractivity contribution in [2.45, 2.75) is 13.3 Å². The second-order valence-corrected chi connectivity index (χ2v) is 5.02. The van der Waals surface area contributed by atoms with E-state index in [-0.39, 0.29) is 5.88 Å². The van der Waals surface area contributed by atoms with Gasteiger partial charge in [-0.3, -0.25) is 4.90 Å². The van der Waals surface area contributed by atoms with E-state index in [1.165, 1.54) is 6.26 Å². The van der Waals surface area contributed by atoms with Crippen molar-refractivity contribution < 1.29 is 8.42 Å². The molecule has 0 unspecified atom stereocenters. The molecule has 0 saturated heterocycles. The van der Waals surface area contributed by atoms with Crippen LogP contribution in [0.3, 0.4) is 0 Å². The standard InChI is InChI=1S/C7H18N2O2S/c1-3-9(6-4-5-8)7-12(2,10)11/h3-8H2,1-2H3. The molecule has 0 aliphatic rings. The fraction of sp³-hybridized carbons (Fsp3) is 1.00. The lowest BCUT2D eigenvalue weighted by atomic mass is 10.4. The smallest absolute Gasteiger partial charge is 0.160 e. The van der Waals surface area contributed by atoms with Gasteiger partial charge in [0.05, 0.1) is 0 Å². The van der Waals surface area contributed by atoms with Gasteiger partial charge in [0.2, 0.25) is 0 Å². The molecule has 0 bridgehead atoms. The summed E-state index contributed by atoms with van der Waals surface area (Å²) in [6.07, 6.45) is 2.10. The summed E-state index contributed by atoms with van der Waals surface area (Å²) in [5.41, 5.74) is 5.32. The normalized spacial score (nSPS) is 12.3. The molecule has 0 radical (unpaired) electrons. The van der Waals surface area contributed by atoms with Gasteiger partial charge in [-0.1, -0.05) is 6.92 Å². The quantitative estimate of drug-likeness (QED) is 0.628. The highest BCUT2D eigenvalue weighted by Crippen LogP contribution is 1.94. The van der Waals surface area contributed by atoms with Gasteiger partial charge in [-0.05, 0) is 19.5 Å². The summed E-state index contributed by atoms with van der Waals surface area (Å²) in [4.78, 5) is 1.88. The van der Waals surface area contributed by atoms with Crippen LogP contribution in [0.15, 0.2) is 0 Å². The van der Waals surface area contributed by atoms with Crippen LogP contribution in [0.25, 0.3) is 0 Å². The molecule has 0 aromatic heterocycles. The minimum atomic E-state index is -2.88. The number of hydrogen-bond acceptors (Lipinski definition) is 4. The maximum Gasteiger partial charge on any atom is 0.160 e. The summed E-state index contributed by atoms with van der Waals surface area (Å²) in [6.45, 7) is 4.08. The van der Waals surface area contributed by atoms with E-state index < -0.39 is 9.84 Å². The van der Waals surface area contributed by atoms with Crippen molar-refractivity contribution in [1.29, 1.82) is 0 Å². The van der Waals surface area contributed by atoms with Crippen LogP contribution in [0, 0.1) is 0 Å². The SMILES string of the molecule is CCN(CCCN)CS(C)(=O)=O. The molecule has 0 heterocycles. The first-order valence-corrected chi connectivity index (χ1v) is 6.15. The Balaban J connectivity index is 3.83. The molecule has 0 amide bonds. The molecule has 0 aromatic rings. The van der Waals surface area contributed by atoms with Gasteiger partial charge in [0.1, 0.15) is 5.88 Å². The van der Waals surface area contributed by atoms with Crippen molar-refractivity contribution in [2.24, 2.45) is 5.73 Å². The van der Waals surface area contributed by atoms with Crippen molar-refractivity contribution >= 4 is 9.84 Å². The molecule has 12 heavy (non-hydrogen) atoms. The van der Waals surface area contributed by atoms with Crippen LogP contribution < -0.4 is 5.73 Å². The molecular weight excluding hydrogens is 176 g/mol. The number of nitrogens with two attached hydrogens (primary N) is 1. The zero-order valence-electron chi connectivity index (χ0n) is 7.78. The molecule has 0 fully saturated rings. The van der Waals surface area contributed by atoms with Crippen molar-refractivity contribution in [3.8, 4) is 0 Å². The van der Waals surface area contributed by atoms with Crippen LogP contribution in [-0.2, 0) is 9.84 Å². The average Bonchev–Trinajstić information content (AvgIpc) is 1.95. The Hall–Kier alpha value is -0.130. The Morgan fingerprint density at radius 2 is 2.00 bits per heavy atom. The van der Waals surface area contributed by atoms with E-state index in [0.29, 0.717) is 6.54 Å². The van der Waals surface area contributed by atoms with Crippen molar-refractivity contribution in [1.82, 2.24) is 4.90 Å². The van der Waals surface area contributed by atoms with E-state index in [2.05, 4.69) is 0 Å². The van der Waals surface area contributed by atoms with E-state index in [4.69, 9.17) is 5.73 Å². The molecule has 0 aromatic carbocycles. The number of nitrogens with zero attached hydrogens (tertiary/aromatic N) is 1. The highest BCUT2D eigenvalue weighted by atomic mass is 32.2. The first-order chi connectivity index (χ1) is 5.49. The topological polar surface area (TPSA) is 63.4 Å². The van der Waals surface area contributed by atoms with Gasteiger partial charge < -0.3 is 5.73 Å². The molecule has 0 spiro atoms. The predicted molar refractivity (Wildman–Crippen MR) is 50.6 cm³/mol. The van der Waals surface area contributed by atoms with Gasteiger partial charge in [-0.15, -0.1) is 0 Å². The highest BCUT2D eigenvalue weighted by Gasteiger charge is 2.08. The van der Waals surface area contributed by atoms with Crippen LogP contribution in [0.1, 0.15) is 13.3 Å². The van der Waals surface area contributed by atoms with Crippen LogP contribution in [0.2, 0.25) is 0 Å². The molecule has 5 heteroatoms. The van der Waals surface area contributed by atoms with Gasteiger partial charge >= 0.3 is 0 Å². The Morgan fingerprint density at radius 1 is 1.42 bits per heavy atom. The minimum Gasteiger partial charge on any atom is -0.330 e. The van der Waals surface area contributed by atoms with Crippen LogP contribution in [0.4, 0.5) is 0 Å². The maximum absolute atomic E-state index is 10.9. The zero-order chi connectivity index (χ0) is 9.61. The Kier molecular flexibility index (Phi) is 5.44. The predicted octanol–water partition coefficient (Wildman–Crippen LogP) is -0.341. The summed E-state index contributed by atoms with van der Waals surface area (Å²) in [6, 6.07) is 0. The summed E-state index contributed by atoms with van der Waals surface area (Å²) < 4.78 is 21.8. The second-order valence-electron chi connectivity index (χ2n) is 2.91. The van der Waals surface area contributed by atoms with Gasteiger partial charge in [-0.2, -0.15) is 0 Å². The largest absolute Gasteiger partial charge is 0.330 e. The Labute approximate surface area is 74.7 Å². The lowest BCUT2D eigenvalue weighted by Gasteiger charge is -2.18. The van der Waals surface area contributed by atoms with E-state index >= 15 is 0 Å². The van der Waals surface area contributed by atoms with Gasteiger partial charge in [-0.25, -0.2) is 8.42 Å². The molecule has 4 nitrogen and oxygen atoms in total. The third kappa shape index (κ3) is 6.57. The zero-order valence-corrected chi connectivity index (χ0v) is 8.60. The minimum absolute atomic E-state index is 0.142. The highest BCUT2D eigenvalue weighted by molar-refractivity contribution is 7.90. The number of hydrogen-bond donors (Lipinski definition) is 1. The Bertz CT molecular complexity index is 201. The molecule has 0 atom stereocenters. The van der Waals surface area contributed by atoms with E-state index in [1.807, 2.05) is 11.8 Å². The van der Waals surface area contributed by atoms with E-state index in [9.17, 15) is 8.42 Å². The van der Waals surface area contributed by atoms with Crippen LogP contribution >= 0.6 is 0 Å². The van der Waals surface area contributed by atoms with E-state index in [1.54, 1.807) is 0 Å². The van der Waals surface area contributed by atoms with Crippen LogP contribution in [-0.4, -0.2) is 45.1 Å². The second kappa shape index (κ2) is 5.50. The van der Waals surface area contributed by atoms with Crippen LogP contribution in [0.5, 0.6) is 0 Å². The first-order valence-electron chi connectivity index (χ1n) is 4.09. The fourth-order valence-corrected chi connectivity index (χ4v) is 1.94. The molecule has 0 aliphatic carbocycles.